The Morgan fingerprint density at radius 1 is 1.16 bits per heavy atom. The summed E-state index contributed by atoms with van der Waals surface area (Å²) in [5.74, 6) is 0.903. The Bertz CT molecular complexity index is 310. The fourth-order valence-corrected chi connectivity index (χ4v) is 4.21. The second-order valence-corrected chi connectivity index (χ2v) is 6.68. The van der Waals surface area contributed by atoms with E-state index in [-0.39, 0.29) is 5.97 Å². The summed E-state index contributed by atoms with van der Waals surface area (Å²) in [6, 6.07) is 0.512. The third kappa shape index (κ3) is 2.96. The van der Waals surface area contributed by atoms with Crippen molar-refractivity contribution >= 4 is 5.97 Å². The number of rotatable bonds is 4. The van der Waals surface area contributed by atoms with E-state index >= 15 is 0 Å². The molecule has 3 heteroatoms. The van der Waals surface area contributed by atoms with Gasteiger partial charge in [0.2, 0.25) is 0 Å². The predicted molar refractivity (Wildman–Crippen MR) is 76.9 cm³/mol. The zero-order valence-corrected chi connectivity index (χ0v) is 12.7. The Morgan fingerprint density at radius 2 is 1.79 bits per heavy atom. The summed E-state index contributed by atoms with van der Waals surface area (Å²) in [5, 5.41) is 3.74. The van der Waals surface area contributed by atoms with E-state index in [9.17, 15) is 4.79 Å². The molecule has 0 amide bonds. The van der Waals surface area contributed by atoms with Gasteiger partial charge < -0.3 is 4.74 Å². The van der Waals surface area contributed by atoms with Crippen LogP contribution in [0.5, 0.6) is 0 Å². The highest BCUT2D eigenvalue weighted by Crippen LogP contribution is 2.40. The summed E-state index contributed by atoms with van der Waals surface area (Å²) in [6.07, 6.45) is 9.48. The molecule has 0 heterocycles. The van der Waals surface area contributed by atoms with Crippen molar-refractivity contribution in [1.29, 1.82) is 0 Å². The van der Waals surface area contributed by atoms with Crippen molar-refractivity contribution in [1.82, 2.24) is 5.32 Å². The minimum absolute atomic E-state index is 0.0298. The molecule has 2 aliphatic rings. The smallest absolute Gasteiger partial charge is 0.326 e. The molecule has 0 aromatic carbocycles. The number of carbonyl (C=O) groups is 1. The lowest BCUT2D eigenvalue weighted by Crippen LogP contribution is -2.62. The Morgan fingerprint density at radius 3 is 2.37 bits per heavy atom. The van der Waals surface area contributed by atoms with Crippen molar-refractivity contribution in [3.63, 3.8) is 0 Å². The van der Waals surface area contributed by atoms with Crippen molar-refractivity contribution in [2.45, 2.75) is 76.8 Å². The van der Waals surface area contributed by atoms with Gasteiger partial charge >= 0.3 is 5.97 Å². The molecule has 2 atom stereocenters. The summed E-state index contributed by atoms with van der Waals surface area (Å²) in [4.78, 5) is 12.5. The number of hydrogen-bond donors (Lipinski definition) is 1. The number of carbonyl (C=O) groups excluding carboxylic acids is 1. The van der Waals surface area contributed by atoms with Crippen LogP contribution in [-0.4, -0.2) is 24.7 Å². The van der Waals surface area contributed by atoms with Crippen molar-refractivity contribution in [2.24, 2.45) is 11.8 Å². The molecule has 1 N–H and O–H groups in total. The first-order valence-electron chi connectivity index (χ1n) is 7.96. The van der Waals surface area contributed by atoms with Crippen LogP contribution in [0.25, 0.3) is 0 Å². The van der Waals surface area contributed by atoms with Crippen LogP contribution in [0.15, 0.2) is 0 Å². The van der Waals surface area contributed by atoms with Gasteiger partial charge in [0.15, 0.2) is 0 Å². The van der Waals surface area contributed by atoms with Gasteiger partial charge in [0.05, 0.1) is 7.11 Å². The standard InChI is InChI=1S/C16H29NO2/c1-12(2)14-10-6-7-11-16(14,15(18)19-3)17-13-8-4-5-9-13/h12-14,17H,4-11H2,1-3H3. The van der Waals surface area contributed by atoms with Gasteiger partial charge in [0.1, 0.15) is 5.54 Å². The number of nitrogens with one attached hydrogen (secondary N) is 1. The maximum Gasteiger partial charge on any atom is 0.326 e. The normalized spacial score (nSPS) is 32.7. The van der Waals surface area contributed by atoms with Gasteiger partial charge in [-0.2, -0.15) is 0 Å². The number of methoxy groups -OCH3 is 1. The molecule has 0 aromatic heterocycles. The van der Waals surface area contributed by atoms with E-state index in [0.717, 1.165) is 19.3 Å². The average Bonchev–Trinajstić information content (AvgIpc) is 2.90. The van der Waals surface area contributed by atoms with Crippen LogP contribution in [0, 0.1) is 11.8 Å². The summed E-state index contributed by atoms with van der Waals surface area (Å²) in [6.45, 7) is 4.48. The molecule has 110 valence electrons. The Hall–Kier alpha value is -0.570. The molecule has 2 fully saturated rings. The third-order valence-electron chi connectivity index (χ3n) is 5.14. The van der Waals surface area contributed by atoms with Gasteiger partial charge in [0.25, 0.3) is 0 Å². The Balaban J connectivity index is 2.22. The SMILES string of the molecule is COC(=O)C1(NC2CCCC2)CCCCC1C(C)C. The largest absolute Gasteiger partial charge is 0.468 e. The van der Waals surface area contributed by atoms with E-state index in [1.807, 2.05) is 0 Å². The first-order chi connectivity index (χ1) is 9.10. The van der Waals surface area contributed by atoms with Crippen LogP contribution in [-0.2, 0) is 9.53 Å². The minimum atomic E-state index is -0.420. The predicted octanol–water partition coefficient (Wildman–Crippen LogP) is 3.28. The molecule has 2 unspecified atom stereocenters. The minimum Gasteiger partial charge on any atom is -0.468 e. The molecule has 0 saturated heterocycles. The number of esters is 1. The third-order valence-corrected chi connectivity index (χ3v) is 5.14. The van der Waals surface area contributed by atoms with Gasteiger partial charge in [-0.3, -0.25) is 10.1 Å². The van der Waals surface area contributed by atoms with Crippen molar-refractivity contribution in [2.75, 3.05) is 7.11 Å². The van der Waals surface area contributed by atoms with Gasteiger partial charge in [-0.1, -0.05) is 39.5 Å². The number of hydrogen-bond acceptors (Lipinski definition) is 3. The lowest BCUT2D eigenvalue weighted by molar-refractivity contribution is -0.155. The van der Waals surface area contributed by atoms with Crippen LogP contribution >= 0.6 is 0 Å². The van der Waals surface area contributed by atoms with Crippen molar-refractivity contribution in [3.8, 4) is 0 Å². The molecule has 2 saturated carbocycles. The summed E-state index contributed by atoms with van der Waals surface area (Å²) in [5.41, 5.74) is -0.420. The molecule has 0 bridgehead atoms. The van der Waals surface area contributed by atoms with Gasteiger partial charge in [-0.25, -0.2) is 0 Å². The first kappa shape index (κ1) is 14.8. The highest BCUT2D eigenvalue weighted by molar-refractivity contribution is 5.81. The lowest BCUT2D eigenvalue weighted by atomic mass is 9.67. The molecule has 3 nitrogen and oxygen atoms in total. The van der Waals surface area contributed by atoms with Gasteiger partial charge in [-0.15, -0.1) is 0 Å². The zero-order chi connectivity index (χ0) is 13.9. The van der Waals surface area contributed by atoms with E-state index in [1.54, 1.807) is 0 Å². The molecule has 19 heavy (non-hydrogen) atoms. The molecule has 0 spiro atoms. The zero-order valence-electron chi connectivity index (χ0n) is 12.7. The van der Waals surface area contributed by atoms with Crippen LogP contribution in [0.3, 0.4) is 0 Å². The van der Waals surface area contributed by atoms with Crippen LogP contribution in [0.1, 0.15) is 65.2 Å². The quantitative estimate of drug-likeness (QED) is 0.794. The van der Waals surface area contributed by atoms with E-state index in [2.05, 4.69) is 19.2 Å². The Kier molecular flexibility index (Phi) is 4.88. The fourth-order valence-electron chi connectivity index (χ4n) is 4.21. The van der Waals surface area contributed by atoms with Crippen LogP contribution in [0.4, 0.5) is 0 Å². The lowest BCUT2D eigenvalue weighted by Gasteiger charge is -2.46. The maximum absolute atomic E-state index is 12.5. The maximum atomic E-state index is 12.5. The number of ether oxygens (including phenoxy) is 1. The van der Waals surface area contributed by atoms with E-state index in [0.29, 0.717) is 17.9 Å². The molecule has 0 radical (unpaired) electrons. The molecule has 0 aromatic rings. The highest BCUT2D eigenvalue weighted by Gasteiger charge is 2.50. The van der Waals surface area contributed by atoms with Crippen LogP contribution < -0.4 is 5.32 Å². The topological polar surface area (TPSA) is 38.3 Å². The second kappa shape index (κ2) is 6.25. The monoisotopic (exact) mass is 267 g/mol. The molecular formula is C16H29NO2. The average molecular weight is 267 g/mol. The molecular weight excluding hydrogens is 238 g/mol. The molecule has 0 aliphatic heterocycles. The fraction of sp³-hybridized carbons (Fsp3) is 0.938. The van der Waals surface area contributed by atoms with Gasteiger partial charge in [-0.05, 0) is 37.5 Å². The molecule has 2 rings (SSSR count). The Labute approximate surface area is 117 Å². The van der Waals surface area contributed by atoms with Crippen LogP contribution in [0.2, 0.25) is 0 Å². The van der Waals surface area contributed by atoms with E-state index in [4.69, 9.17) is 4.74 Å². The summed E-state index contributed by atoms with van der Waals surface area (Å²) in [7, 11) is 1.53. The first-order valence-corrected chi connectivity index (χ1v) is 7.96. The van der Waals surface area contributed by atoms with E-state index in [1.165, 1.54) is 39.2 Å². The molecule has 2 aliphatic carbocycles. The summed E-state index contributed by atoms with van der Waals surface area (Å²) < 4.78 is 5.18. The highest BCUT2D eigenvalue weighted by atomic mass is 16.5. The second-order valence-electron chi connectivity index (χ2n) is 6.68. The van der Waals surface area contributed by atoms with Crippen molar-refractivity contribution in [3.05, 3.63) is 0 Å². The summed E-state index contributed by atoms with van der Waals surface area (Å²) >= 11 is 0. The van der Waals surface area contributed by atoms with Gasteiger partial charge in [0, 0.05) is 6.04 Å². The van der Waals surface area contributed by atoms with Crippen molar-refractivity contribution < 1.29 is 9.53 Å². The van der Waals surface area contributed by atoms with E-state index < -0.39 is 5.54 Å².